The molecule has 0 aliphatic rings. The summed E-state index contributed by atoms with van der Waals surface area (Å²) in [5.41, 5.74) is 2.09. The Morgan fingerprint density at radius 3 is 2.37 bits per heavy atom. The van der Waals surface area contributed by atoms with E-state index in [0.717, 1.165) is 11.1 Å². The van der Waals surface area contributed by atoms with Crippen molar-refractivity contribution in [3.05, 3.63) is 69.7 Å². The minimum atomic E-state index is -0.0874. The van der Waals surface area contributed by atoms with E-state index in [4.69, 9.17) is 23.2 Å². The number of benzene rings is 2. The summed E-state index contributed by atoms with van der Waals surface area (Å²) < 4.78 is 0. The average molecular weight is 296 g/mol. The van der Waals surface area contributed by atoms with Crippen LogP contribution in [0.2, 0.25) is 10.0 Å². The number of hydrogen-bond acceptors (Lipinski definition) is 2. The third kappa shape index (κ3) is 3.95. The lowest BCUT2D eigenvalue weighted by atomic mass is 10.1. The van der Waals surface area contributed by atoms with Gasteiger partial charge in [0.15, 0.2) is 0 Å². The van der Waals surface area contributed by atoms with Crippen molar-refractivity contribution in [1.82, 2.24) is 5.32 Å². The smallest absolute Gasteiger partial charge is 0.0626 e. The highest BCUT2D eigenvalue weighted by Crippen LogP contribution is 2.23. The molecular weight excluding hydrogens is 281 g/mol. The molecule has 2 N–H and O–H groups in total. The standard InChI is InChI=1S/C15H15Cl2NO/c16-13-7-6-11(8-14(13)17)9-18-15(10-19)12-4-2-1-3-5-12/h1-8,15,18-19H,9-10H2. The van der Waals surface area contributed by atoms with Gasteiger partial charge in [0.1, 0.15) is 0 Å². The van der Waals surface area contributed by atoms with Gasteiger partial charge >= 0.3 is 0 Å². The van der Waals surface area contributed by atoms with Crippen molar-refractivity contribution >= 4 is 23.2 Å². The monoisotopic (exact) mass is 295 g/mol. The molecule has 2 nitrogen and oxygen atoms in total. The van der Waals surface area contributed by atoms with Crippen molar-refractivity contribution in [3.63, 3.8) is 0 Å². The fraction of sp³-hybridized carbons (Fsp3) is 0.200. The first-order valence-electron chi connectivity index (χ1n) is 6.04. The molecule has 0 fully saturated rings. The summed E-state index contributed by atoms with van der Waals surface area (Å²) >= 11 is 11.8. The second kappa shape index (κ2) is 6.92. The molecule has 2 rings (SSSR count). The van der Waals surface area contributed by atoms with E-state index in [-0.39, 0.29) is 12.6 Å². The van der Waals surface area contributed by atoms with Crippen LogP contribution in [0.3, 0.4) is 0 Å². The van der Waals surface area contributed by atoms with Crippen LogP contribution in [0.4, 0.5) is 0 Å². The highest BCUT2D eigenvalue weighted by atomic mass is 35.5. The first kappa shape index (κ1) is 14.4. The van der Waals surface area contributed by atoms with Gasteiger partial charge in [-0.1, -0.05) is 59.6 Å². The summed E-state index contributed by atoms with van der Waals surface area (Å²) in [5.74, 6) is 0. The third-order valence-electron chi connectivity index (χ3n) is 2.92. The second-order valence-electron chi connectivity index (χ2n) is 4.28. The van der Waals surface area contributed by atoms with Crippen LogP contribution in [0.25, 0.3) is 0 Å². The zero-order valence-electron chi connectivity index (χ0n) is 10.3. The molecule has 0 saturated carbocycles. The van der Waals surface area contributed by atoms with Gasteiger partial charge in [0.05, 0.1) is 22.7 Å². The Hall–Kier alpha value is -1.06. The van der Waals surface area contributed by atoms with Gasteiger partial charge in [0.2, 0.25) is 0 Å². The summed E-state index contributed by atoms with van der Waals surface area (Å²) in [5, 5.41) is 13.8. The average Bonchev–Trinajstić information content (AvgIpc) is 2.44. The number of hydrogen-bond donors (Lipinski definition) is 2. The van der Waals surface area contributed by atoms with Crippen molar-refractivity contribution in [2.45, 2.75) is 12.6 Å². The van der Waals surface area contributed by atoms with E-state index in [9.17, 15) is 5.11 Å². The minimum absolute atomic E-state index is 0.0470. The number of aliphatic hydroxyl groups is 1. The van der Waals surface area contributed by atoms with Crippen LogP contribution in [0.1, 0.15) is 17.2 Å². The van der Waals surface area contributed by atoms with Gasteiger partial charge in [-0.15, -0.1) is 0 Å². The molecule has 0 saturated heterocycles. The molecule has 0 bridgehead atoms. The van der Waals surface area contributed by atoms with E-state index >= 15 is 0 Å². The maximum atomic E-state index is 9.45. The van der Waals surface area contributed by atoms with Gasteiger partial charge in [0.25, 0.3) is 0 Å². The lowest BCUT2D eigenvalue weighted by Crippen LogP contribution is -2.23. The van der Waals surface area contributed by atoms with Gasteiger partial charge < -0.3 is 10.4 Å². The number of halogens is 2. The second-order valence-corrected chi connectivity index (χ2v) is 5.09. The molecule has 4 heteroatoms. The van der Waals surface area contributed by atoms with Crippen LogP contribution in [-0.4, -0.2) is 11.7 Å². The van der Waals surface area contributed by atoms with Crippen molar-refractivity contribution in [3.8, 4) is 0 Å². The molecule has 0 amide bonds. The minimum Gasteiger partial charge on any atom is -0.394 e. The zero-order valence-corrected chi connectivity index (χ0v) is 11.8. The van der Waals surface area contributed by atoms with Crippen LogP contribution in [0.5, 0.6) is 0 Å². The zero-order chi connectivity index (χ0) is 13.7. The SMILES string of the molecule is OCC(NCc1ccc(Cl)c(Cl)c1)c1ccccc1. The summed E-state index contributed by atoms with van der Waals surface area (Å²) in [6.07, 6.45) is 0. The quantitative estimate of drug-likeness (QED) is 0.879. The maximum Gasteiger partial charge on any atom is 0.0626 e. The van der Waals surface area contributed by atoms with Crippen LogP contribution in [-0.2, 0) is 6.54 Å². The number of aliphatic hydroxyl groups excluding tert-OH is 1. The van der Waals surface area contributed by atoms with E-state index < -0.39 is 0 Å². The summed E-state index contributed by atoms with van der Waals surface area (Å²) in [4.78, 5) is 0. The van der Waals surface area contributed by atoms with E-state index in [1.807, 2.05) is 42.5 Å². The molecule has 2 aromatic rings. The molecule has 0 heterocycles. The highest BCUT2D eigenvalue weighted by molar-refractivity contribution is 6.42. The molecule has 0 aromatic heterocycles. The molecule has 19 heavy (non-hydrogen) atoms. The topological polar surface area (TPSA) is 32.3 Å². The van der Waals surface area contributed by atoms with Gasteiger partial charge in [-0.3, -0.25) is 0 Å². The van der Waals surface area contributed by atoms with Gasteiger partial charge in [-0.25, -0.2) is 0 Å². The van der Waals surface area contributed by atoms with Crippen molar-refractivity contribution in [2.75, 3.05) is 6.61 Å². The Labute approximate surface area is 123 Å². The fourth-order valence-electron chi connectivity index (χ4n) is 1.86. The van der Waals surface area contributed by atoms with E-state index in [2.05, 4.69) is 5.32 Å². The third-order valence-corrected chi connectivity index (χ3v) is 3.66. The normalized spacial score (nSPS) is 12.4. The lowest BCUT2D eigenvalue weighted by Gasteiger charge is -2.17. The molecule has 100 valence electrons. The van der Waals surface area contributed by atoms with Crippen LogP contribution in [0, 0.1) is 0 Å². The first-order chi connectivity index (χ1) is 9.20. The Morgan fingerprint density at radius 2 is 1.74 bits per heavy atom. The van der Waals surface area contributed by atoms with Crippen molar-refractivity contribution < 1.29 is 5.11 Å². The first-order valence-corrected chi connectivity index (χ1v) is 6.79. The molecule has 0 aliphatic heterocycles. The molecule has 1 atom stereocenters. The Balaban J connectivity index is 2.02. The summed E-state index contributed by atoms with van der Waals surface area (Å²) in [7, 11) is 0. The van der Waals surface area contributed by atoms with Gasteiger partial charge in [0, 0.05) is 6.54 Å². The Bertz CT molecular complexity index is 531. The molecule has 0 radical (unpaired) electrons. The molecular formula is C15H15Cl2NO. The Morgan fingerprint density at radius 1 is 1.00 bits per heavy atom. The molecule has 0 aliphatic carbocycles. The molecule has 0 spiro atoms. The number of nitrogens with one attached hydrogen (secondary N) is 1. The lowest BCUT2D eigenvalue weighted by molar-refractivity contribution is 0.243. The van der Waals surface area contributed by atoms with Gasteiger partial charge in [-0.2, -0.15) is 0 Å². The maximum absolute atomic E-state index is 9.45. The van der Waals surface area contributed by atoms with Crippen molar-refractivity contribution in [2.24, 2.45) is 0 Å². The summed E-state index contributed by atoms with van der Waals surface area (Å²) in [6, 6.07) is 15.3. The predicted molar refractivity (Wildman–Crippen MR) is 79.6 cm³/mol. The van der Waals surface area contributed by atoms with Crippen LogP contribution >= 0.6 is 23.2 Å². The van der Waals surface area contributed by atoms with Gasteiger partial charge in [-0.05, 0) is 23.3 Å². The van der Waals surface area contributed by atoms with E-state index in [0.29, 0.717) is 16.6 Å². The highest BCUT2D eigenvalue weighted by Gasteiger charge is 2.09. The van der Waals surface area contributed by atoms with Crippen LogP contribution in [0.15, 0.2) is 48.5 Å². The van der Waals surface area contributed by atoms with E-state index in [1.165, 1.54) is 0 Å². The predicted octanol–water partition coefficient (Wildman–Crippen LogP) is 3.82. The van der Waals surface area contributed by atoms with E-state index in [1.54, 1.807) is 6.07 Å². The molecule has 1 unspecified atom stereocenters. The van der Waals surface area contributed by atoms with Crippen molar-refractivity contribution in [1.29, 1.82) is 0 Å². The van der Waals surface area contributed by atoms with Crippen LogP contribution < -0.4 is 5.32 Å². The number of rotatable bonds is 5. The summed E-state index contributed by atoms with van der Waals surface area (Å²) in [6.45, 7) is 0.669. The Kier molecular flexibility index (Phi) is 5.23. The fourth-order valence-corrected chi connectivity index (χ4v) is 2.18. The largest absolute Gasteiger partial charge is 0.394 e. The molecule has 2 aromatic carbocycles.